The Morgan fingerprint density at radius 3 is 2.50 bits per heavy atom. The highest BCUT2D eigenvalue weighted by Crippen LogP contribution is 2.16. The summed E-state index contributed by atoms with van der Waals surface area (Å²) in [5, 5.41) is 5.89. The SMILES string of the molecule is CCNc1ccc(C(=O)Nc2ccc(OC)cc2)cn1. The molecule has 0 radical (unpaired) electrons. The maximum absolute atomic E-state index is 12.0. The van der Waals surface area contributed by atoms with E-state index in [0.29, 0.717) is 11.3 Å². The minimum atomic E-state index is -0.189. The first kappa shape index (κ1) is 13.9. The molecule has 104 valence electrons. The Morgan fingerprint density at radius 1 is 1.20 bits per heavy atom. The summed E-state index contributed by atoms with van der Waals surface area (Å²) in [6.45, 7) is 2.79. The molecule has 0 bridgehead atoms. The topological polar surface area (TPSA) is 63.2 Å². The van der Waals surface area contributed by atoms with Crippen LogP contribution in [-0.2, 0) is 0 Å². The normalized spacial score (nSPS) is 9.90. The van der Waals surface area contributed by atoms with Crippen molar-refractivity contribution < 1.29 is 9.53 Å². The number of ether oxygens (including phenoxy) is 1. The Balaban J connectivity index is 2.03. The summed E-state index contributed by atoms with van der Waals surface area (Å²) in [7, 11) is 1.60. The van der Waals surface area contributed by atoms with Gasteiger partial charge >= 0.3 is 0 Å². The van der Waals surface area contributed by atoms with Crippen LogP contribution in [0.3, 0.4) is 0 Å². The number of methoxy groups -OCH3 is 1. The number of nitrogens with zero attached hydrogens (tertiary/aromatic N) is 1. The van der Waals surface area contributed by atoms with E-state index in [9.17, 15) is 4.79 Å². The van der Waals surface area contributed by atoms with Crippen LogP contribution >= 0.6 is 0 Å². The van der Waals surface area contributed by atoms with E-state index in [2.05, 4.69) is 15.6 Å². The van der Waals surface area contributed by atoms with Crippen LogP contribution in [0.25, 0.3) is 0 Å². The number of carbonyl (C=O) groups is 1. The van der Waals surface area contributed by atoms with Gasteiger partial charge in [-0.3, -0.25) is 4.79 Å². The number of rotatable bonds is 5. The van der Waals surface area contributed by atoms with Gasteiger partial charge in [0.05, 0.1) is 12.7 Å². The van der Waals surface area contributed by atoms with Gasteiger partial charge in [0, 0.05) is 18.4 Å². The maximum Gasteiger partial charge on any atom is 0.257 e. The van der Waals surface area contributed by atoms with Gasteiger partial charge in [-0.15, -0.1) is 0 Å². The molecule has 0 fully saturated rings. The molecular weight excluding hydrogens is 254 g/mol. The first-order chi connectivity index (χ1) is 9.72. The third-order valence-electron chi connectivity index (χ3n) is 2.73. The molecule has 5 heteroatoms. The van der Waals surface area contributed by atoms with Crippen molar-refractivity contribution in [2.75, 3.05) is 24.3 Å². The Kier molecular flexibility index (Phi) is 4.55. The molecule has 0 saturated carbocycles. The highest BCUT2D eigenvalue weighted by Gasteiger charge is 2.06. The molecule has 1 aromatic carbocycles. The van der Waals surface area contributed by atoms with E-state index in [4.69, 9.17) is 4.74 Å². The molecule has 0 aliphatic carbocycles. The van der Waals surface area contributed by atoms with Crippen LogP contribution in [0.15, 0.2) is 42.6 Å². The predicted octanol–water partition coefficient (Wildman–Crippen LogP) is 2.77. The van der Waals surface area contributed by atoms with Gasteiger partial charge < -0.3 is 15.4 Å². The van der Waals surface area contributed by atoms with Gasteiger partial charge in [0.25, 0.3) is 5.91 Å². The minimum absolute atomic E-state index is 0.189. The molecule has 1 heterocycles. The van der Waals surface area contributed by atoms with Crippen LogP contribution in [0.5, 0.6) is 5.75 Å². The largest absolute Gasteiger partial charge is 0.497 e. The zero-order valence-electron chi connectivity index (χ0n) is 11.5. The van der Waals surface area contributed by atoms with Crippen LogP contribution < -0.4 is 15.4 Å². The standard InChI is InChI=1S/C15H17N3O2/c1-3-16-14-9-4-11(10-17-14)15(19)18-12-5-7-13(20-2)8-6-12/h4-10H,3H2,1-2H3,(H,16,17)(H,18,19). The zero-order chi connectivity index (χ0) is 14.4. The van der Waals surface area contributed by atoms with Crippen molar-refractivity contribution in [1.82, 2.24) is 4.98 Å². The molecule has 1 amide bonds. The number of amides is 1. The lowest BCUT2D eigenvalue weighted by Gasteiger charge is -2.07. The number of benzene rings is 1. The molecule has 2 aromatic rings. The Labute approximate surface area is 118 Å². The highest BCUT2D eigenvalue weighted by atomic mass is 16.5. The van der Waals surface area contributed by atoms with E-state index < -0.39 is 0 Å². The summed E-state index contributed by atoms with van der Waals surface area (Å²) in [4.78, 5) is 16.2. The van der Waals surface area contributed by atoms with E-state index in [0.717, 1.165) is 18.1 Å². The lowest BCUT2D eigenvalue weighted by atomic mass is 10.2. The second-order valence-electron chi connectivity index (χ2n) is 4.15. The van der Waals surface area contributed by atoms with Gasteiger partial charge in [-0.25, -0.2) is 4.98 Å². The van der Waals surface area contributed by atoms with Crippen LogP contribution in [-0.4, -0.2) is 24.5 Å². The second kappa shape index (κ2) is 6.56. The summed E-state index contributed by atoms with van der Waals surface area (Å²) in [6.07, 6.45) is 1.55. The fourth-order valence-electron chi connectivity index (χ4n) is 1.69. The van der Waals surface area contributed by atoms with Crippen molar-refractivity contribution in [1.29, 1.82) is 0 Å². The van der Waals surface area contributed by atoms with Gasteiger partial charge in [-0.1, -0.05) is 0 Å². The maximum atomic E-state index is 12.0. The van der Waals surface area contributed by atoms with E-state index in [1.54, 1.807) is 49.7 Å². The van der Waals surface area contributed by atoms with Gasteiger partial charge in [0.1, 0.15) is 11.6 Å². The molecule has 5 nitrogen and oxygen atoms in total. The molecule has 2 N–H and O–H groups in total. The fourth-order valence-corrected chi connectivity index (χ4v) is 1.69. The number of nitrogens with one attached hydrogen (secondary N) is 2. The average molecular weight is 271 g/mol. The van der Waals surface area contributed by atoms with E-state index >= 15 is 0 Å². The molecule has 0 spiro atoms. The monoisotopic (exact) mass is 271 g/mol. The molecule has 0 aliphatic heterocycles. The van der Waals surface area contributed by atoms with Crippen LogP contribution in [0.1, 0.15) is 17.3 Å². The molecule has 0 unspecified atom stereocenters. The van der Waals surface area contributed by atoms with Crippen LogP contribution in [0.4, 0.5) is 11.5 Å². The summed E-state index contributed by atoms with van der Waals surface area (Å²) >= 11 is 0. The van der Waals surface area contributed by atoms with Crippen molar-refractivity contribution in [3.8, 4) is 5.75 Å². The third-order valence-corrected chi connectivity index (χ3v) is 2.73. The molecule has 0 atom stereocenters. The number of hydrogen-bond acceptors (Lipinski definition) is 4. The molecular formula is C15H17N3O2. The lowest BCUT2D eigenvalue weighted by Crippen LogP contribution is -2.12. The third kappa shape index (κ3) is 3.47. The van der Waals surface area contributed by atoms with Crippen molar-refractivity contribution in [3.63, 3.8) is 0 Å². The quantitative estimate of drug-likeness (QED) is 0.877. The molecule has 2 rings (SSSR count). The van der Waals surface area contributed by atoms with Gasteiger partial charge in [0.15, 0.2) is 0 Å². The zero-order valence-corrected chi connectivity index (χ0v) is 11.5. The van der Waals surface area contributed by atoms with Crippen molar-refractivity contribution in [3.05, 3.63) is 48.2 Å². The number of aromatic nitrogens is 1. The number of hydrogen-bond donors (Lipinski definition) is 2. The first-order valence-electron chi connectivity index (χ1n) is 6.38. The average Bonchev–Trinajstić information content (AvgIpc) is 2.49. The Morgan fingerprint density at radius 2 is 1.95 bits per heavy atom. The lowest BCUT2D eigenvalue weighted by molar-refractivity contribution is 0.102. The molecule has 1 aromatic heterocycles. The van der Waals surface area contributed by atoms with Gasteiger partial charge in [0.2, 0.25) is 0 Å². The number of pyridine rings is 1. The molecule has 20 heavy (non-hydrogen) atoms. The van der Waals surface area contributed by atoms with Crippen LogP contribution in [0, 0.1) is 0 Å². The summed E-state index contributed by atoms with van der Waals surface area (Å²) in [5.41, 5.74) is 1.23. The molecule has 0 saturated heterocycles. The van der Waals surface area contributed by atoms with Gasteiger partial charge in [-0.2, -0.15) is 0 Å². The summed E-state index contributed by atoms with van der Waals surface area (Å²) in [5.74, 6) is 1.32. The summed E-state index contributed by atoms with van der Waals surface area (Å²) in [6, 6.07) is 10.7. The van der Waals surface area contributed by atoms with Crippen molar-refractivity contribution in [2.45, 2.75) is 6.92 Å². The minimum Gasteiger partial charge on any atom is -0.497 e. The molecule has 0 aliphatic rings. The van der Waals surface area contributed by atoms with E-state index in [-0.39, 0.29) is 5.91 Å². The van der Waals surface area contributed by atoms with Crippen molar-refractivity contribution >= 4 is 17.4 Å². The number of carbonyl (C=O) groups excluding carboxylic acids is 1. The smallest absolute Gasteiger partial charge is 0.257 e. The first-order valence-corrected chi connectivity index (χ1v) is 6.38. The Bertz CT molecular complexity index is 565. The highest BCUT2D eigenvalue weighted by molar-refractivity contribution is 6.04. The number of anilines is 2. The Hall–Kier alpha value is -2.56. The summed E-state index contributed by atoms with van der Waals surface area (Å²) < 4.78 is 5.07. The van der Waals surface area contributed by atoms with E-state index in [1.807, 2.05) is 6.92 Å². The second-order valence-corrected chi connectivity index (χ2v) is 4.15. The predicted molar refractivity (Wildman–Crippen MR) is 79.3 cm³/mol. The van der Waals surface area contributed by atoms with E-state index in [1.165, 1.54) is 0 Å². The van der Waals surface area contributed by atoms with Crippen molar-refractivity contribution in [2.24, 2.45) is 0 Å². The fraction of sp³-hybridized carbons (Fsp3) is 0.200. The van der Waals surface area contributed by atoms with Gasteiger partial charge in [-0.05, 0) is 43.3 Å². The van der Waals surface area contributed by atoms with Crippen LogP contribution in [0.2, 0.25) is 0 Å².